The molecule has 0 spiro atoms. The molecule has 7 nitrogen and oxygen atoms in total. The van der Waals surface area contributed by atoms with E-state index in [-0.39, 0.29) is 48.9 Å². The van der Waals surface area contributed by atoms with Gasteiger partial charge in [0.15, 0.2) is 5.78 Å². The predicted octanol–water partition coefficient (Wildman–Crippen LogP) is 2.53. The summed E-state index contributed by atoms with van der Waals surface area (Å²) in [7, 11) is 1.58. The normalized spacial score (nSPS) is 14.3. The van der Waals surface area contributed by atoms with Gasteiger partial charge in [0.05, 0.1) is 19.1 Å². The molecule has 0 aliphatic carbocycles. The molecule has 1 saturated heterocycles. The highest BCUT2D eigenvalue weighted by molar-refractivity contribution is 5.98. The topological polar surface area (TPSA) is 84.0 Å². The van der Waals surface area contributed by atoms with E-state index in [0.29, 0.717) is 38.1 Å². The molecule has 1 aliphatic rings. The fourth-order valence-electron chi connectivity index (χ4n) is 3.49. The zero-order valence-corrected chi connectivity index (χ0v) is 18.4. The lowest BCUT2D eigenvalue weighted by atomic mass is 9.97. The number of Topliss-reactive ketones (excluding diaryl/α,β-unsaturated/α-hetero) is 1. The summed E-state index contributed by atoms with van der Waals surface area (Å²) in [5, 5.41) is 0. The van der Waals surface area contributed by atoms with E-state index in [1.807, 2.05) is 26.0 Å². The monoisotopic (exact) mass is 416 g/mol. The van der Waals surface area contributed by atoms with Gasteiger partial charge in [-0.3, -0.25) is 19.2 Å². The molecule has 0 saturated carbocycles. The second-order valence-corrected chi connectivity index (χ2v) is 7.88. The van der Waals surface area contributed by atoms with Gasteiger partial charge in [-0.05, 0) is 50.8 Å². The maximum Gasteiger partial charge on any atom is 0.309 e. The third-order valence-electron chi connectivity index (χ3n) is 5.66. The number of ether oxygens (including phenoxy) is 1. The molecule has 2 rings (SSSR count). The molecule has 0 unspecified atom stereocenters. The smallest absolute Gasteiger partial charge is 0.309 e. The molecule has 0 bridgehead atoms. The Bertz CT molecular complexity index is 797. The van der Waals surface area contributed by atoms with E-state index in [1.54, 1.807) is 24.9 Å². The van der Waals surface area contributed by atoms with Crippen LogP contribution >= 0.6 is 0 Å². The van der Waals surface area contributed by atoms with Crippen molar-refractivity contribution in [3.63, 3.8) is 0 Å². The fraction of sp³-hybridized carbons (Fsp3) is 0.565. The number of likely N-dealkylation sites (N-methyl/N-ethyl adjacent to an activating group) is 1. The van der Waals surface area contributed by atoms with Crippen molar-refractivity contribution in [3.05, 3.63) is 34.9 Å². The van der Waals surface area contributed by atoms with E-state index in [2.05, 4.69) is 0 Å². The van der Waals surface area contributed by atoms with Gasteiger partial charge in [-0.2, -0.15) is 0 Å². The number of nitrogens with zero attached hydrogens (tertiary/aromatic N) is 2. The van der Waals surface area contributed by atoms with E-state index < -0.39 is 0 Å². The number of likely N-dealkylation sites (tertiary alicyclic amines) is 1. The molecule has 30 heavy (non-hydrogen) atoms. The van der Waals surface area contributed by atoms with E-state index >= 15 is 0 Å². The van der Waals surface area contributed by atoms with Crippen LogP contribution in [0.25, 0.3) is 0 Å². The van der Waals surface area contributed by atoms with Crippen LogP contribution in [-0.2, 0) is 19.1 Å². The molecule has 1 heterocycles. The highest BCUT2D eigenvalue weighted by atomic mass is 16.5. The number of ketones is 1. The first-order chi connectivity index (χ1) is 14.2. The Morgan fingerprint density at radius 3 is 2.33 bits per heavy atom. The molecular weight excluding hydrogens is 384 g/mol. The largest absolute Gasteiger partial charge is 0.466 e. The molecule has 1 aromatic carbocycles. The van der Waals surface area contributed by atoms with Gasteiger partial charge < -0.3 is 14.5 Å². The molecule has 164 valence electrons. The number of rotatable bonds is 8. The van der Waals surface area contributed by atoms with Crippen LogP contribution in [0.5, 0.6) is 0 Å². The number of hydrogen-bond acceptors (Lipinski definition) is 5. The van der Waals surface area contributed by atoms with Gasteiger partial charge in [0, 0.05) is 38.5 Å². The molecule has 7 heteroatoms. The third kappa shape index (κ3) is 6.40. The highest BCUT2D eigenvalue weighted by Crippen LogP contribution is 2.19. The Morgan fingerprint density at radius 2 is 1.73 bits per heavy atom. The number of hydrogen-bond donors (Lipinski definition) is 0. The molecule has 0 N–H and O–H groups in total. The molecule has 0 aromatic heterocycles. The van der Waals surface area contributed by atoms with Crippen molar-refractivity contribution in [3.8, 4) is 0 Å². The zero-order valence-electron chi connectivity index (χ0n) is 18.4. The summed E-state index contributed by atoms with van der Waals surface area (Å²) in [5.74, 6) is -0.821. The SMILES string of the molecule is CCOC(=O)C1CCN(C(=O)CN(C)C(=O)CCC(=O)c2ccc(C)c(C)c2)CC1. The number of benzene rings is 1. The summed E-state index contributed by atoms with van der Waals surface area (Å²) in [6.45, 7) is 7.01. The van der Waals surface area contributed by atoms with Gasteiger partial charge in [0.2, 0.25) is 11.8 Å². The summed E-state index contributed by atoms with van der Waals surface area (Å²) >= 11 is 0. The van der Waals surface area contributed by atoms with Crippen molar-refractivity contribution in [2.75, 3.05) is 33.3 Å². The van der Waals surface area contributed by atoms with Gasteiger partial charge >= 0.3 is 5.97 Å². The van der Waals surface area contributed by atoms with Crippen molar-refractivity contribution in [1.82, 2.24) is 9.80 Å². The lowest BCUT2D eigenvalue weighted by molar-refractivity contribution is -0.151. The summed E-state index contributed by atoms with van der Waals surface area (Å²) < 4.78 is 5.04. The quantitative estimate of drug-likeness (QED) is 0.480. The summed E-state index contributed by atoms with van der Waals surface area (Å²) in [5.41, 5.74) is 2.77. The second-order valence-electron chi connectivity index (χ2n) is 7.88. The van der Waals surface area contributed by atoms with Gasteiger partial charge in [0.25, 0.3) is 0 Å². The predicted molar refractivity (Wildman–Crippen MR) is 113 cm³/mol. The Labute approximate surface area is 178 Å². The Morgan fingerprint density at radius 1 is 1.07 bits per heavy atom. The van der Waals surface area contributed by atoms with Gasteiger partial charge in [0.1, 0.15) is 0 Å². The summed E-state index contributed by atoms with van der Waals surface area (Å²) in [4.78, 5) is 52.1. The number of carbonyl (C=O) groups is 4. The summed E-state index contributed by atoms with van der Waals surface area (Å²) in [6.07, 6.45) is 1.34. The van der Waals surface area contributed by atoms with Crippen LogP contribution in [0.3, 0.4) is 0 Å². The number of piperidine rings is 1. The standard InChI is InChI=1S/C23H32N2O5/c1-5-30-23(29)18-10-12-25(13-11-18)22(28)15-24(4)21(27)9-8-20(26)19-7-6-16(2)17(3)14-19/h6-7,14,18H,5,8-13,15H2,1-4H3. The van der Waals surface area contributed by atoms with E-state index in [0.717, 1.165) is 11.1 Å². The maximum absolute atomic E-state index is 12.5. The Kier molecular flexibility index (Phi) is 8.57. The van der Waals surface area contributed by atoms with Crippen LogP contribution in [-0.4, -0.2) is 66.7 Å². The first kappa shape index (κ1) is 23.6. The van der Waals surface area contributed by atoms with Crippen LogP contribution in [0.2, 0.25) is 0 Å². The molecule has 1 aliphatic heterocycles. The van der Waals surface area contributed by atoms with Crippen LogP contribution in [0, 0.1) is 19.8 Å². The van der Waals surface area contributed by atoms with Crippen LogP contribution in [0.15, 0.2) is 18.2 Å². The third-order valence-corrected chi connectivity index (χ3v) is 5.66. The number of esters is 1. The second kappa shape index (κ2) is 10.9. The van der Waals surface area contributed by atoms with Crippen LogP contribution < -0.4 is 0 Å². The van der Waals surface area contributed by atoms with Crippen LogP contribution in [0.4, 0.5) is 0 Å². The Balaban J connectivity index is 1.77. The van der Waals surface area contributed by atoms with Crippen molar-refractivity contribution >= 4 is 23.6 Å². The molecule has 2 amide bonds. The van der Waals surface area contributed by atoms with E-state index in [9.17, 15) is 19.2 Å². The van der Waals surface area contributed by atoms with Crippen LogP contribution in [0.1, 0.15) is 54.1 Å². The van der Waals surface area contributed by atoms with Gasteiger partial charge in [-0.15, -0.1) is 0 Å². The number of aryl methyl sites for hydroxylation is 2. The van der Waals surface area contributed by atoms with Crippen molar-refractivity contribution in [2.24, 2.45) is 5.92 Å². The number of carbonyl (C=O) groups excluding carboxylic acids is 4. The zero-order chi connectivity index (χ0) is 22.3. The molecule has 0 radical (unpaired) electrons. The summed E-state index contributed by atoms with van der Waals surface area (Å²) in [6, 6.07) is 5.53. The molecule has 1 aromatic rings. The fourth-order valence-corrected chi connectivity index (χ4v) is 3.49. The molecule has 0 atom stereocenters. The Hall–Kier alpha value is -2.70. The minimum absolute atomic E-state index is 0.0270. The molecular formula is C23H32N2O5. The van der Waals surface area contributed by atoms with E-state index in [4.69, 9.17) is 4.74 Å². The first-order valence-electron chi connectivity index (χ1n) is 10.5. The number of amides is 2. The van der Waals surface area contributed by atoms with Crippen molar-refractivity contribution in [1.29, 1.82) is 0 Å². The average Bonchev–Trinajstić information content (AvgIpc) is 2.73. The lowest BCUT2D eigenvalue weighted by Gasteiger charge is -2.32. The van der Waals surface area contributed by atoms with Crippen molar-refractivity contribution in [2.45, 2.75) is 46.5 Å². The minimum Gasteiger partial charge on any atom is -0.466 e. The van der Waals surface area contributed by atoms with Crippen molar-refractivity contribution < 1.29 is 23.9 Å². The first-order valence-corrected chi connectivity index (χ1v) is 10.5. The van der Waals surface area contributed by atoms with Gasteiger partial charge in [-0.25, -0.2) is 0 Å². The van der Waals surface area contributed by atoms with Gasteiger partial charge in [-0.1, -0.05) is 12.1 Å². The molecule has 1 fully saturated rings. The average molecular weight is 417 g/mol. The minimum atomic E-state index is -0.234. The highest BCUT2D eigenvalue weighted by Gasteiger charge is 2.29. The van der Waals surface area contributed by atoms with E-state index in [1.165, 1.54) is 4.90 Å². The maximum atomic E-state index is 12.5. The lowest BCUT2D eigenvalue weighted by Crippen LogP contribution is -2.45.